The SMILES string of the molecule is CC(=O)N[C@H](CC(=O)OCC(=O)N1c2ccccc2NC(=O)C[C@@H]1C)c1ccccc1. The Morgan fingerprint density at radius 1 is 1.13 bits per heavy atom. The van der Waals surface area contributed by atoms with E-state index in [0.717, 1.165) is 5.56 Å². The Labute approximate surface area is 180 Å². The highest BCUT2D eigenvalue weighted by atomic mass is 16.5. The lowest BCUT2D eigenvalue weighted by Gasteiger charge is -2.27. The van der Waals surface area contributed by atoms with Crippen molar-refractivity contribution in [2.75, 3.05) is 16.8 Å². The molecule has 162 valence electrons. The molecule has 2 aromatic rings. The maximum Gasteiger partial charge on any atom is 0.308 e. The van der Waals surface area contributed by atoms with Crippen LogP contribution in [0.3, 0.4) is 0 Å². The molecule has 8 heteroatoms. The van der Waals surface area contributed by atoms with Crippen LogP contribution in [0.25, 0.3) is 0 Å². The number of rotatable bonds is 6. The van der Waals surface area contributed by atoms with Crippen LogP contribution in [0.1, 0.15) is 38.3 Å². The minimum Gasteiger partial charge on any atom is -0.455 e. The number of ether oxygens (including phenoxy) is 1. The molecule has 0 saturated heterocycles. The number of nitrogens with zero attached hydrogens (tertiary/aromatic N) is 1. The van der Waals surface area contributed by atoms with Gasteiger partial charge in [0.15, 0.2) is 6.61 Å². The molecule has 2 atom stereocenters. The van der Waals surface area contributed by atoms with Crippen molar-refractivity contribution in [3.05, 3.63) is 60.2 Å². The first-order valence-corrected chi connectivity index (χ1v) is 10.0. The van der Waals surface area contributed by atoms with Crippen molar-refractivity contribution in [3.8, 4) is 0 Å². The summed E-state index contributed by atoms with van der Waals surface area (Å²) in [7, 11) is 0. The van der Waals surface area contributed by atoms with E-state index in [9.17, 15) is 19.2 Å². The summed E-state index contributed by atoms with van der Waals surface area (Å²) >= 11 is 0. The number of carbonyl (C=O) groups is 4. The molecule has 8 nitrogen and oxygen atoms in total. The number of hydrogen-bond acceptors (Lipinski definition) is 5. The molecular weight excluding hydrogens is 398 g/mol. The molecule has 3 rings (SSSR count). The van der Waals surface area contributed by atoms with E-state index in [4.69, 9.17) is 4.74 Å². The molecule has 2 aromatic carbocycles. The number of fused-ring (bicyclic) bond motifs is 1. The molecule has 0 radical (unpaired) electrons. The molecule has 1 heterocycles. The fraction of sp³-hybridized carbons (Fsp3) is 0.304. The molecule has 0 fully saturated rings. The highest BCUT2D eigenvalue weighted by molar-refractivity contribution is 6.05. The number of amides is 3. The van der Waals surface area contributed by atoms with E-state index in [2.05, 4.69) is 10.6 Å². The van der Waals surface area contributed by atoms with Crippen molar-refractivity contribution < 1.29 is 23.9 Å². The lowest BCUT2D eigenvalue weighted by Crippen LogP contribution is -2.41. The first kappa shape index (κ1) is 22.0. The highest BCUT2D eigenvalue weighted by Crippen LogP contribution is 2.31. The first-order chi connectivity index (χ1) is 14.8. The van der Waals surface area contributed by atoms with E-state index in [1.54, 1.807) is 43.3 Å². The summed E-state index contributed by atoms with van der Waals surface area (Å²) in [5.41, 5.74) is 1.86. The predicted octanol–water partition coefficient (Wildman–Crippen LogP) is 2.56. The third-order valence-electron chi connectivity index (χ3n) is 4.93. The standard InChI is InChI=1S/C23H25N3O5/c1-15-12-21(28)25-18-10-6-7-11-20(18)26(15)22(29)14-31-23(30)13-19(24-16(2)27)17-8-4-3-5-9-17/h3-11,15,19H,12-14H2,1-2H3,(H,24,27)(H,25,28)/t15-,19+/m0/s1. The molecule has 0 aliphatic carbocycles. The Bertz CT molecular complexity index is 976. The predicted molar refractivity (Wildman–Crippen MR) is 115 cm³/mol. The van der Waals surface area contributed by atoms with Gasteiger partial charge in [0.25, 0.3) is 5.91 Å². The Balaban J connectivity index is 1.67. The lowest BCUT2D eigenvalue weighted by atomic mass is 10.0. The first-order valence-electron chi connectivity index (χ1n) is 10.0. The van der Waals surface area contributed by atoms with Gasteiger partial charge in [0.05, 0.1) is 23.8 Å². The minimum atomic E-state index is -0.610. The van der Waals surface area contributed by atoms with Gasteiger partial charge in [0.1, 0.15) is 0 Å². The van der Waals surface area contributed by atoms with Crippen molar-refractivity contribution in [2.24, 2.45) is 0 Å². The van der Waals surface area contributed by atoms with Gasteiger partial charge < -0.3 is 20.3 Å². The summed E-state index contributed by atoms with van der Waals surface area (Å²) in [6.07, 6.45) is 0.0238. The van der Waals surface area contributed by atoms with Gasteiger partial charge in [0.2, 0.25) is 11.8 Å². The normalized spacial score (nSPS) is 16.4. The van der Waals surface area contributed by atoms with Crippen molar-refractivity contribution in [2.45, 2.75) is 38.8 Å². The number of hydrogen-bond donors (Lipinski definition) is 2. The molecule has 1 aliphatic heterocycles. The fourth-order valence-electron chi connectivity index (χ4n) is 3.59. The third kappa shape index (κ3) is 5.69. The van der Waals surface area contributed by atoms with Gasteiger partial charge in [-0.2, -0.15) is 0 Å². The van der Waals surface area contributed by atoms with Gasteiger partial charge in [-0.15, -0.1) is 0 Å². The average Bonchev–Trinajstić information content (AvgIpc) is 2.86. The quantitative estimate of drug-likeness (QED) is 0.695. The molecule has 1 aliphatic rings. The number of benzene rings is 2. The molecule has 3 amide bonds. The molecule has 0 unspecified atom stereocenters. The van der Waals surface area contributed by atoms with Gasteiger partial charge >= 0.3 is 5.97 Å². The second kappa shape index (κ2) is 9.88. The Hall–Kier alpha value is -3.68. The van der Waals surface area contributed by atoms with Crippen molar-refractivity contribution >= 4 is 35.1 Å². The largest absolute Gasteiger partial charge is 0.455 e. The van der Waals surface area contributed by atoms with Gasteiger partial charge in [0, 0.05) is 19.4 Å². The van der Waals surface area contributed by atoms with Gasteiger partial charge in [-0.1, -0.05) is 42.5 Å². The summed E-state index contributed by atoms with van der Waals surface area (Å²) in [5, 5.41) is 5.51. The van der Waals surface area contributed by atoms with Gasteiger partial charge in [-0.3, -0.25) is 19.2 Å². The molecule has 0 bridgehead atoms. The number of carbonyl (C=O) groups excluding carboxylic acids is 4. The van der Waals surface area contributed by atoms with E-state index >= 15 is 0 Å². The zero-order chi connectivity index (χ0) is 22.4. The van der Waals surface area contributed by atoms with Crippen LogP contribution in [0.15, 0.2) is 54.6 Å². The molecule has 0 aromatic heterocycles. The monoisotopic (exact) mass is 423 g/mol. The summed E-state index contributed by atoms with van der Waals surface area (Å²) in [5.74, 6) is -1.50. The van der Waals surface area contributed by atoms with Crippen LogP contribution in [0.5, 0.6) is 0 Å². The maximum atomic E-state index is 12.9. The molecular formula is C23H25N3O5. The van der Waals surface area contributed by atoms with Crippen molar-refractivity contribution in [3.63, 3.8) is 0 Å². The van der Waals surface area contributed by atoms with E-state index in [1.807, 2.05) is 18.2 Å². The molecule has 0 spiro atoms. The topological polar surface area (TPSA) is 105 Å². The lowest BCUT2D eigenvalue weighted by molar-refractivity contribution is -0.148. The van der Waals surface area contributed by atoms with E-state index in [-0.39, 0.29) is 24.7 Å². The van der Waals surface area contributed by atoms with Crippen LogP contribution >= 0.6 is 0 Å². The number of nitrogens with one attached hydrogen (secondary N) is 2. The average molecular weight is 423 g/mol. The summed E-state index contributed by atoms with van der Waals surface area (Å²) in [6.45, 7) is 2.68. The van der Waals surface area contributed by atoms with Crippen molar-refractivity contribution in [1.82, 2.24) is 5.32 Å². The van der Waals surface area contributed by atoms with Crippen LogP contribution < -0.4 is 15.5 Å². The minimum absolute atomic E-state index is 0.108. The third-order valence-corrected chi connectivity index (χ3v) is 4.93. The van der Waals surface area contributed by atoms with E-state index in [0.29, 0.717) is 11.4 Å². The zero-order valence-corrected chi connectivity index (χ0v) is 17.5. The van der Waals surface area contributed by atoms with E-state index in [1.165, 1.54) is 11.8 Å². The van der Waals surface area contributed by atoms with Crippen LogP contribution in [0, 0.1) is 0 Å². The van der Waals surface area contributed by atoms with Gasteiger partial charge in [-0.25, -0.2) is 0 Å². The van der Waals surface area contributed by atoms with Crippen LogP contribution in [-0.2, 0) is 23.9 Å². The summed E-state index contributed by atoms with van der Waals surface area (Å²) < 4.78 is 5.23. The van der Waals surface area contributed by atoms with E-state index < -0.39 is 30.6 Å². The Kier molecular flexibility index (Phi) is 7.02. The van der Waals surface area contributed by atoms with Gasteiger partial charge in [-0.05, 0) is 24.6 Å². The number of para-hydroxylation sites is 2. The zero-order valence-electron chi connectivity index (χ0n) is 17.5. The fourth-order valence-corrected chi connectivity index (χ4v) is 3.59. The molecule has 2 N–H and O–H groups in total. The summed E-state index contributed by atoms with van der Waals surface area (Å²) in [6, 6.07) is 15.1. The number of anilines is 2. The summed E-state index contributed by atoms with van der Waals surface area (Å²) in [4.78, 5) is 50.4. The highest BCUT2D eigenvalue weighted by Gasteiger charge is 2.30. The second-order valence-corrected chi connectivity index (χ2v) is 7.41. The second-order valence-electron chi connectivity index (χ2n) is 7.41. The Morgan fingerprint density at radius 2 is 1.81 bits per heavy atom. The van der Waals surface area contributed by atoms with Crippen LogP contribution in [0.4, 0.5) is 11.4 Å². The maximum absolute atomic E-state index is 12.9. The smallest absolute Gasteiger partial charge is 0.308 e. The van der Waals surface area contributed by atoms with Crippen LogP contribution in [-0.4, -0.2) is 36.3 Å². The molecule has 0 saturated carbocycles. The van der Waals surface area contributed by atoms with Crippen LogP contribution in [0.2, 0.25) is 0 Å². The van der Waals surface area contributed by atoms with Crippen molar-refractivity contribution in [1.29, 1.82) is 0 Å². The molecule has 31 heavy (non-hydrogen) atoms. The number of esters is 1. The Morgan fingerprint density at radius 3 is 2.52 bits per heavy atom.